The lowest BCUT2D eigenvalue weighted by molar-refractivity contribution is 0.445. The second-order valence-corrected chi connectivity index (χ2v) is 6.24. The summed E-state index contributed by atoms with van der Waals surface area (Å²) in [6.07, 6.45) is 5.55. The summed E-state index contributed by atoms with van der Waals surface area (Å²) in [5, 5.41) is 8.19. The van der Waals surface area contributed by atoms with Gasteiger partial charge in [-0.2, -0.15) is 5.10 Å². The molecular formula is C16H31N3. The highest BCUT2D eigenvalue weighted by atomic mass is 15.3. The molecule has 1 aromatic rings. The quantitative estimate of drug-likeness (QED) is 0.738. The van der Waals surface area contributed by atoms with Crippen LogP contribution in [0, 0.1) is 11.8 Å². The summed E-state index contributed by atoms with van der Waals surface area (Å²) in [6, 6.07) is 2.68. The number of hydrogen-bond donors (Lipinski definition) is 1. The average molecular weight is 265 g/mol. The minimum Gasteiger partial charge on any atom is -0.316 e. The molecule has 0 spiro atoms. The van der Waals surface area contributed by atoms with Gasteiger partial charge >= 0.3 is 0 Å². The van der Waals surface area contributed by atoms with Gasteiger partial charge in [0, 0.05) is 12.2 Å². The van der Waals surface area contributed by atoms with Crippen LogP contribution in [-0.2, 0) is 6.42 Å². The molecule has 1 heterocycles. The van der Waals surface area contributed by atoms with Gasteiger partial charge in [-0.1, -0.05) is 27.7 Å². The smallest absolute Gasteiger partial charge is 0.0624 e. The first-order valence-electron chi connectivity index (χ1n) is 7.77. The van der Waals surface area contributed by atoms with Crippen molar-refractivity contribution in [2.75, 3.05) is 13.1 Å². The van der Waals surface area contributed by atoms with E-state index in [1.54, 1.807) is 0 Å². The molecule has 3 nitrogen and oxygen atoms in total. The Labute approximate surface area is 118 Å². The Morgan fingerprint density at radius 1 is 1.21 bits per heavy atom. The van der Waals surface area contributed by atoms with Crippen LogP contribution in [0.1, 0.15) is 59.2 Å². The van der Waals surface area contributed by atoms with Crippen molar-refractivity contribution >= 4 is 0 Å². The van der Waals surface area contributed by atoms with E-state index < -0.39 is 0 Å². The molecule has 110 valence electrons. The van der Waals surface area contributed by atoms with Crippen molar-refractivity contribution < 1.29 is 0 Å². The SMILES string of the molecule is CCC(C)n1ccc(CCC(C)CNCC(C)C)n1. The second kappa shape index (κ2) is 8.36. The Morgan fingerprint density at radius 3 is 2.58 bits per heavy atom. The lowest BCUT2D eigenvalue weighted by atomic mass is 10.0. The Balaban J connectivity index is 2.26. The zero-order valence-electron chi connectivity index (χ0n) is 13.3. The van der Waals surface area contributed by atoms with Gasteiger partial charge in [-0.3, -0.25) is 4.68 Å². The molecule has 0 amide bonds. The number of nitrogens with one attached hydrogen (secondary N) is 1. The van der Waals surface area contributed by atoms with Gasteiger partial charge in [-0.05, 0) is 57.2 Å². The predicted octanol–water partition coefficient (Wildman–Crippen LogP) is 3.67. The fourth-order valence-corrected chi connectivity index (χ4v) is 2.06. The van der Waals surface area contributed by atoms with Crippen molar-refractivity contribution in [3.8, 4) is 0 Å². The summed E-state index contributed by atoms with van der Waals surface area (Å²) in [6.45, 7) is 13.5. The zero-order chi connectivity index (χ0) is 14.3. The van der Waals surface area contributed by atoms with E-state index in [9.17, 15) is 0 Å². The first-order valence-corrected chi connectivity index (χ1v) is 7.77. The first-order chi connectivity index (χ1) is 9.02. The van der Waals surface area contributed by atoms with Crippen LogP contribution in [-0.4, -0.2) is 22.9 Å². The van der Waals surface area contributed by atoms with E-state index in [-0.39, 0.29) is 0 Å². The van der Waals surface area contributed by atoms with E-state index in [1.807, 2.05) is 0 Å². The highest BCUT2D eigenvalue weighted by Crippen LogP contribution is 2.12. The molecule has 2 atom stereocenters. The molecule has 0 saturated heterocycles. The molecule has 0 radical (unpaired) electrons. The van der Waals surface area contributed by atoms with E-state index in [0.717, 1.165) is 31.8 Å². The third-order valence-electron chi connectivity index (χ3n) is 3.64. The molecule has 0 aliphatic rings. The predicted molar refractivity (Wildman–Crippen MR) is 82.4 cm³/mol. The number of hydrogen-bond acceptors (Lipinski definition) is 2. The molecule has 3 heteroatoms. The maximum atomic E-state index is 4.66. The van der Waals surface area contributed by atoms with E-state index in [1.165, 1.54) is 12.1 Å². The van der Waals surface area contributed by atoms with Gasteiger partial charge < -0.3 is 5.32 Å². The molecule has 0 aromatic carbocycles. The third kappa shape index (κ3) is 6.24. The maximum Gasteiger partial charge on any atom is 0.0624 e. The maximum absolute atomic E-state index is 4.66. The number of rotatable bonds is 9. The van der Waals surface area contributed by atoms with Gasteiger partial charge in [0.05, 0.1) is 5.69 Å². The molecule has 0 aliphatic carbocycles. The summed E-state index contributed by atoms with van der Waals surface area (Å²) in [5.41, 5.74) is 1.23. The van der Waals surface area contributed by atoms with Gasteiger partial charge in [-0.15, -0.1) is 0 Å². The second-order valence-electron chi connectivity index (χ2n) is 6.24. The van der Waals surface area contributed by atoms with E-state index in [4.69, 9.17) is 0 Å². The minimum absolute atomic E-state index is 0.513. The van der Waals surface area contributed by atoms with Crippen LogP contribution in [0.5, 0.6) is 0 Å². The lowest BCUT2D eigenvalue weighted by Gasteiger charge is -2.13. The minimum atomic E-state index is 0.513. The normalized spacial score (nSPS) is 14.8. The van der Waals surface area contributed by atoms with Crippen molar-refractivity contribution in [2.45, 2.75) is 59.9 Å². The molecule has 1 rings (SSSR count). The van der Waals surface area contributed by atoms with Crippen LogP contribution in [0.25, 0.3) is 0 Å². The van der Waals surface area contributed by atoms with Crippen LogP contribution in [0.4, 0.5) is 0 Å². The van der Waals surface area contributed by atoms with Crippen molar-refractivity contribution in [1.82, 2.24) is 15.1 Å². The van der Waals surface area contributed by atoms with Gasteiger partial charge in [0.15, 0.2) is 0 Å². The summed E-state index contributed by atoms with van der Waals surface area (Å²) in [4.78, 5) is 0. The largest absolute Gasteiger partial charge is 0.316 e. The van der Waals surface area contributed by atoms with E-state index >= 15 is 0 Å². The molecular weight excluding hydrogens is 234 g/mol. The van der Waals surface area contributed by atoms with Crippen LogP contribution in [0.3, 0.4) is 0 Å². The summed E-state index contributed by atoms with van der Waals surface area (Å²) in [5.74, 6) is 1.45. The molecule has 0 fully saturated rings. The highest BCUT2D eigenvalue weighted by Gasteiger charge is 2.07. The molecule has 0 aliphatic heterocycles. The van der Waals surface area contributed by atoms with Crippen LogP contribution in [0.2, 0.25) is 0 Å². The van der Waals surface area contributed by atoms with Crippen molar-refractivity contribution in [3.63, 3.8) is 0 Å². The monoisotopic (exact) mass is 265 g/mol. The average Bonchev–Trinajstić information content (AvgIpc) is 2.83. The molecule has 0 saturated carbocycles. The number of aromatic nitrogens is 2. The fourth-order valence-electron chi connectivity index (χ4n) is 2.06. The Hall–Kier alpha value is -0.830. The standard InChI is InChI=1S/C16H31N3/c1-6-15(5)19-10-9-16(18-19)8-7-14(4)12-17-11-13(2)3/h9-10,13-15,17H,6-8,11-12H2,1-5H3. The topological polar surface area (TPSA) is 29.9 Å². The number of nitrogens with zero attached hydrogens (tertiary/aromatic N) is 2. The zero-order valence-corrected chi connectivity index (χ0v) is 13.3. The van der Waals surface area contributed by atoms with Gasteiger partial charge in [-0.25, -0.2) is 0 Å². The first kappa shape index (κ1) is 16.2. The Kier molecular flexibility index (Phi) is 7.14. The molecule has 1 aromatic heterocycles. The van der Waals surface area contributed by atoms with Gasteiger partial charge in [0.1, 0.15) is 0 Å². The summed E-state index contributed by atoms with van der Waals surface area (Å²) >= 11 is 0. The Bertz CT molecular complexity index is 344. The van der Waals surface area contributed by atoms with Crippen LogP contribution >= 0.6 is 0 Å². The third-order valence-corrected chi connectivity index (χ3v) is 3.64. The molecule has 0 bridgehead atoms. The summed E-state index contributed by atoms with van der Waals surface area (Å²) in [7, 11) is 0. The van der Waals surface area contributed by atoms with Crippen LogP contribution < -0.4 is 5.32 Å². The van der Waals surface area contributed by atoms with Crippen molar-refractivity contribution in [1.29, 1.82) is 0 Å². The Morgan fingerprint density at radius 2 is 1.95 bits per heavy atom. The fraction of sp³-hybridized carbons (Fsp3) is 0.812. The van der Waals surface area contributed by atoms with Gasteiger partial charge in [0.2, 0.25) is 0 Å². The summed E-state index contributed by atoms with van der Waals surface area (Å²) < 4.78 is 2.09. The molecule has 1 N–H and O–H groups in total. The van der Waals surface area contributed by atoms with Crippen molar-refractivity contribution in [3.05, 3.63) is 18.0 Å². The van der Waals surface area contributed by atoms with E-state index in [0.29, 0.717) is 12.0 Å². The van der Waals surface area contributed by atoms with Crippen molar-refractivity contribution in [2.24, 2.45) is 11.8 Å². The van der Waals surface area contributed by atoms with E-state index in [2.05, 4.69) is 62.0 Å². The lowest BCUT2D eigenvalue weighted by Crippen LogP contribution is -2.25. The molecule has 2 unspecified atom stereocenters. The molecule has 19 heavy (non-hydrogen) atoms. The highest BCUT2D eigenvalue weighted by molar-refractivity contribution is 5.00. The van der Waals surface area contributed by atoms with Crippen LogP contribution in [0.15, 0.2) is 12.3 Å². The van der Waals surface area contributed by atoms with Gasteiger partial charge in [0.25, 0.3) is 0 Å². The number of aryl methyl sites for hydroxylation is 1.